The Morgan fingerprint density at radius 2 is 1.62 bits per heavy atom. The number of benzene rings is 3. The Morgan fingerprint density at radius 3 is 2.31 bits per heavy atom. The summed E-state index contributed by atoms with van der Waals surface area (Å²) in [5.74, 6) is 1.50. The maximum atomic E-state index is 13.4. The fraction of sp³-hybridized carbons (Fsp3) is 0.281. The van der Waals surface area contributed by atoms with Crippen LogP contribution >= 0.6 is 0 Å². The number of carbonyl (C=O) groups excluding carboxylic acids is 1. The number of hydrogen-bond donors (Lipinski definition) is 1. The highest BCUT2D eigenvalue weighted by Crippen LogP contribution is 2.27. The lowest BCUT2D eigenvalue weighted by Crippen LogP contribution is -2.43. The number of likely N-dealkylation sites (tertiary alicyclic amines) is 1. The van der Waals surface area contributed by atoms with Crippen LogP contribution in [0.25, 0.3) is 11.1 Å². The van der Waals surface area contributed by atoms with Gasteiger partial charge in [-0.25, -0.2) is 0 Å². The van der Waals surface area contributed by atoms with Crippen LogP contribution in [-0.4, -0.2) is 54.1 Å². The molecule has 1 aliphatic rings. The Labute approximate surface area is 229 Å². The minimum atomic E-state index is -0.358. The molecule has 0 bridgehead atoms. The predicted octanol–water partition coefficient (Wildman–Crippen LogP) is 5.15. The van der Waals surface area contributed by atoms with E-state index in [0.717, 1.165) is 66.4 Å². The second-order valence-electron chi connectivity index (χ2n) is 9.68. The van der Waals surface area contributed by atoms with Gasteiger partial charge in [-0.3, -0.25) is 19.7 Å². The van der Waals surface area contributed by atoms with Gasteiger partial charge in [0.2, 0.25) is 5.91 Å². The standard InChI is InChI=1S/C32H34N4O3/c1-38-29-9-5-6-10-30(29)39-22-21-36-19-15-27(16-20-36)32(37)35-31(28-23-33-17-18-34-28)26-13-11-25(12-14-26)24-7-3-2-4-8-24/h2-14,17-18,23,27,31H,15-16,19-22H2,1H3,(H,35,37). The van der Waals surface area contributed by atoms with E-state index in [0.29, 0.717) is 6.61 Å². The molecule has 1 saturated heterocycles. The van der Waals surface area contributed by atoms with Crippen molar-refractivity contribution in [1.82, 2.24) is 20.2 Å². The Morgan fingerprint density at radius 1 is 0.923 bits per heavy atom. The van der Waals surface area contributed by atoms with Crippen LogP contribution in [0.2, 0.25) is 0 Å². The van der Waals surface area contributed by atoms with Crippen molar-refractivity contribution in [2.45, 2.75) is 18.9 Å². The molecule has 7 heteroatoms. The van der Waals surface area contributed by atoms with Crippen molar-refractivity contribution in [3.8, 4) is 22.6 Å². The molecule has 1 aliphatic heterocycles. The zero-order valence-electron chi connectivity index (χ0n) is 22.2. The fourth-order valence-electron chi connectivity index (χ4n) is 4.99. The van der Waals surface area contributed by atoms with E-state index in [2.05, 4.69) is 56.6 Å². The lowest BCUT2D eigenvalue weighted by atomic mass is 9.94. The summed E-state index contributed by atoms with van der Waals surface area (Å²) in [6, 6.07) is 25.9. The van der Waals surface area contributed by atoms with E-state index in [-0.39, 0.29) is 17.9 Å². The lowest BCUT2D eigenvalue weighted by molar-refractivity contribution is -0.127. The van der Waals surface area contributed by atoms with Crippen LogP contribution in [0.5, 0.6) is 11.5 Å². The van der Waals surface area contributed by atoms with E-state index in [1.54, 1.807) is 25.7 Å². The molecule has 1 unspecified atom stereocenters. The summed E-state index contributed by atoms with van der Waals surface area (Å²) >= 11 is 0. The highest BCUT2D eigenvalue weighted by atomic mass is 16.5. The van der Waals surface area contributed by atoms with Gasteiger partial charge in [0.05, 0.1) is 25.0 Å². The maximum Gasteiger partial charge on any atom is 0.224 e. The first-order valence-electron chi connectivity index (χ1n) is 13.4. The molecule has 1 aromatic heterocycles. The Bertz CT molecular complexity index is 1320. The Balaban J connectivity index is 1.18. The van der Waals surface area contributed by atoms with Crippen LogP contribution in [0.1, 0.15) is 30.1 Å². The minimum absolute atomic E-state index is 0.0425. The second kappa shape index (κ2) is 13.0. The van der Waals surface area contributed by atoms with Gasteiger partial charge < -0.3 is 14.8 Å². The molecular weight excluding hydrogens is 488 g/mol. The monoisotopic (exact) mass is 522 g/mol. The smallest absolute Gasteiger partial charge is 0.224 e. The summed E-state index contributed by atoms with van der Waals surface area (Å²) < 4.78 is 11.3. The second-order valence-corrected chi connectivity index (χ2v) is 9.68. The number of hydrogen-bond acceptors (Lipinski definition) is 6. The first kappa shape index (κ1) is 26.4. The third-order valence-electron chi connectivity index (χ3n) is 7.21. The molecule has 39 heavy (non-hydrogen) atoms. The van der Waals surface area contributed by atoms with Crippen LogP contribution in [0.15, 0.2) is 97.5 Å². The molecule has 1 N–H and O–H groups in total. The lowest BCUT2D eigenvalue weighted by Gasteiger charge is -2.32. The van der Waals surface area contributed by atoms with E-state index in [1.807, 2.05) is 42.5 Å². The number of piperidine rings is 1. The number of nitrogens with one attached hydrogen (secondary N) is 1. The third kappa shape index (κ3) is 6.81. The van der Waals surface area contributed by atoms with Gasteiger partial charge in [0.25, 0.3) is 0 Å². The van der Waals surface area contributed by atoms with E-state index >= 15 is 0 Å². The zero-order chi connectivity index (χ0) is 26.9. The van der Waals surface area contributed by atoms with Gasteiger partial charge in [0, 0.05) is 24.9 Å². The van der Waals surface area contributed by atoms with Gasteiger partial charge in [-0.1, -0.05) is 66.7 Å². The number of amides is 1. The summed E-state index contributed by atoms with van der Waals surface area (Å²) in [6.45, 7) is 3.09. The van der Waals surface area contributed by atoms with Crippen molar-refractivity contribution in [3.63, 3.8) is 0 Å². The molecular formula is C32H34N4O3. The van der Waals surface area contributed by atoms with Gasteiger partial charge in [-0.15, -0.1) is 0 Å². The van der Waals surface area contributed by atoms with E-state index < -0.39 is 0 Å². The Kier molecular flexibility index (Phi) is 8.81. The van der Waals surface area contributed by atoms with Crippen molar-refractivity contribution in [2.24, 2.45) is 5.92 Å². The van der Waals surface area contributed by atoms with Gasteiger partial charge in [0.15, 0.2) is 11.5 Å². The molecule has 2 heterocycles. The van der Waals surface area contributed by atoms with Crippen molar-refractivity contribution >= 4 is 5.91 Å². The predicted molar refractivity (Wildman–Crippen MR) is 152 cm³/mol. The largest absolute Gasteiger partial charge is 0.493 e. The quantitative estimate of drug-likeness (QED) is 0.311. The molecule has 200 valence electrons. The van der Waals surface area contributed by atoms with Gasteiger partial charge in [-0.2, -0.15) is 0 Å². The topological polar surface area (TPSA) is 76.6 Å². The average Bonchev–Trinajstić information content (AvgIpc) is 3.01. The van der Waals surface area contributed by atoms with Crippen molar-refractivity contribution < 1.29 is 14.3 Å². The first-order chi connectivity index (χ1) is 19.2. The van der Waals surface area contributed by atoms with Crippen LogP contribution in [-0.2, 0) is 4.79 Å². The average molecular weight is 523 g/mol. The fourth-order valence-corrected chi connectivity index (χ4v) is 4.99. The van der Waals surface area contributed by atoms with Crippen LogP contribution in [0.4, 0.5) is 0 Å². The van der Waals surface area contributed by atoms with Gasteiger partial charge >= 0.3 is 0 Å². The van der Waals surface area contributed by atoms with Crippen LogP contribution in [0.3, 0.4) is 0 Å². The number of rotatable bonds is 10. The van der Waals surface area contributed by atoms with Crippen LogP contribution in [0, 0.1) is 5.92 Å². The molecule has 0 spiro atoms. The van der Waals surface area contributed by atoms with E-state index in [1.165, 1.54) is 0 Å². The first-order valence-corrected chi connectivity index (χ1v) is 13.4. The molecule has 4 aromatic rings. The maximum absolute atomic E-state index is 13.4. The number of methoxy groups -OCH3 is 1. The number of para-hydroxylation sites is 2. The summed E-state index contributed by atoms with van der Waals surface area (Å²) in [5.41, 5.74) is 3.99. The summed E-state index contributed by atoms with van der Waals surface area (Å²) in [7, 11) is 1.65. The van der Waals surface area contributed by atoms with Crippen molar-refractivity contribution in [1.29, 1.82) is 0 Å². The number of ether oxygens (including phenoxy) is 2. The summed E-state index contributed by atoms with van der Waals surface area (Å²) in [5, 5.41) is 3.27. The highest BCUT2D eigenvalue weighted by Gasteiger charge is 2.28. The van der Waals surface area contributed by atoms with Gasteiger partial charge in [-0.05, 0) is 54.8 Å². The molecule has 1 amide bonds. The molecule has 7 nitrogen and oxygen atoms in total. The summed E-state index contributed by atoms with van der Waals surface area (Å²) in [4.78, 5) is 24.5. The molecule has 0 saturated carbocycles. The molecule has 1 fully saturated rings. The zero-order valence-corrected chi connectivity index (χ0v) is 22.2. The summed E-state index contributed by atoms with van der Waals surface area (Å²) in [6.07, 6.45) is 6.65. The van der Waals surface area contributed by atoms with Crippen molar-refractivity contribution in [3.05, 3.63) is 109 Å². The SMILES string of the molecule is COc1ccccc1OCCN1CCC(C(=O)NC(c2ccc(-c3ccccc3)cc2)c2cnccn2)CC1. The number of carbonyl (C=O) groups is 1. The molecule has 5 rings (SSSR count). The number of nitrogens with zero attached hydrogens (tertiary/aromatic N) is 3. The number of aromatic nitrogens is 2. The van der Waals surface area contributed by atoms with E-state index in [4.69, 9.17) is 9.47 Å². The molecule has 0 aliphatic carbocycles. The van der Waals surface area contributed by atoms with E-state index in [9.17, 15) is 4.79 Å². The van der Waals surface area contributed by atoms with Crippen molar-refractivity contribution in [2.75, 3.05) is 33.4 Å². The third-order valence-corrected chi connectivity index (χ3v) is 7.21. The Hall–Kier alpha value is -4.23. The highest BCUT2D eigenvalue weighted by molar-refractivity contribution is 5.79. The minimum Gasteiger partial charge on any atom is -0.493 e. The molecule has 1 atom stereocenters. The van der Waals surface area contributed by atoms with Gasteiger partial charge in [0.1, 0.15) is 6.61 Å². The molecule has 0 radical (unpaired) electrons. The van der Waals surface area contributed by atoms with Crippen LogP contribution < -0.4 is 14.8 Å². The normalized spacial score (nSPS) is 14.9. The molecule has 3 aromatic carbocycles.